The number of halogens is 1. The number of nitrogens with zero attached hydrogens (tertiary/aromatic N) is 1. The van der Waals surface area contributed by atoms with Gasteiger partial charge in [-0.1, -0.05) is 59.8 Å². The van der Waals surface area contributed by atoms with E-state index < -0.39 is 0 Å². The molecule has 0 saturated carbocycles. The lowest BCUT2D eigenvalue weighted by Crippen LogP contribution is -2.17. The Morgan fingerprint density at radius 1 is 0.964 bits per heavy atom. The van der Waals surface area contributed by atoms with Gasteiger partial charge in [0.2, 0.25) is 0 Å². The minimum atomic E-state index is -0.268. The summed E-state index contributed by atoms with van der Waals surface area (Å²) in [6.07, 6.45) is 1.48. The number of hydrogen-bond donors (Lipinski definition) is 1. The van der Waals surface area contributed by atoms with Crippen molar-refractivity contribution >= 4 is 46.3 Å². The predicted molar refractivity (Wildman–Crippen MR) is 113 cm³/mol. The Kier molecular flexibility index (Phi) is 5.46. The van der Waals surface area contributed by atoms with Crippen LogP contribution in [-0.2, 0) is 0 Å². The minimum Gasteiger partial charge on any atom is -0.448 e. The molecule has 4 nitrogen and oxygen atoms in total. The molecule has 0 aliphatic heterocycles. The number of carbonyl (C=O) groups is 1. The molecule has 1 amide bonds. The third-order valence-corrected chi connectivity index (χ3v) is 5.21. The van der Waals surface area contributed by atoms with Gasteiger partial charge in [-0.15, -0.1) is 0 Å². The molecule has 0 saturated heterocycles. The first-order valence-electron chi connectivity index (χ1n) is 8.53. The number of furan rings is 1. The molecule has 1 N–H and O–H groups in total. The fourth-order valence-corrected chi connectivity index (χ4v) is 3.62. The maximum absolute atomic E-state index is 12.5. The molecule has 0 fully saturated rings. The number of hydrogen-bond acceptors (Lipinski definition) is 4. The third kappa shape index (κ3) is 4.27. The smallest absolute Gasteiger partial charge is 0.271 e. The topological polar surface area (TPSA) is 54.6 Å². The Labute approximate surface area is 171 Å². The molecule has 1 heterocycles. The van der Waals surface area contributed by atoms with E-state index >= 15 is 0 Å². The van der Waals surface area contributed by atoms with E-state index in [9.17, 15) is 4.79 Å². The molecular weight excluding hydrogens is 392 g/mol. The van der Waals surface area contributed by atoms with Crippen molar-refractivity contribution in [2.45, 2.75) is 9.99 Å². The lowest BCUT2D eigenvalue weighted by molar-refractivity contribution is 0.0957. The molecule has 0 unspecified atom stereocenters. The number of rotatable bonds is 5. The maximum Gasteiger partial charge on any atom is 0.271 e. The van der Waals surface area contributed by atoms with Crippen LogP contribution in [0.4, 0.5) is 0 Å². The van der Waals surface area contributed by atoms with Gasteiger partial charge in [0.05, 0.1) is 6.21 Å². The van der Waals surface area contributed by atoms with Crippen LogP contribution in [0.15, 0.2) is 98.4 Å². The van der Waals surface area contributed by atoms with Gasteiger partial charge in [-0.25, -0.2) is 5.43 Å². The normalized spacial score (nSPS) is 11.2. The number of fused-ring (bicyclic) bond motifs is 1. The van der Waals surface area contributed by atoms with Crippen molar-refractivity contribution in [3.63, 3.8) is 0 Å². The van der Waals surface area contributed by atoms with Crippen molar-refractivity contribution in [1.82, 2.24) is 5.43 Å². The van der Waals surface area contributed by atoms with Crippen molar-refractivity contribution in [2.24, 2.45) is 5.10 Å². The van der Waals surface area contributed by atoms with Crippen molar-refractivity contribution in [3.8, 4) is 0 Å². The van der Waals surface area contributed by atoms with E-state index in [-0.39, 0.29) is 5.91 Å². The van der Waals surface area contributed by atoms with Gasteiger partial charge in [-0.2, -0.15) is 5.10 Å². The summed E-state index contributed by atoms with van der Waals surface area (Å²) >= 11 is 7.37. The van der Waals surface area contributed by atoms with Gasteiger partial charge in [-0.3, -0.25) is 4.79 Å². The van der Waals surface area contributed by atoms with Gasteiger partial charge in [0.15, 0.2) is 5.09 Å². The van der Waals surface area contributed by atoms with Crippen LogP contribution in [0.1, 0.15) is 16.1 Å². The summed E-state index contributed by atoms with van der Waals surface area (Å²) in [5.41, 5.74) is 3.13. The first-order chi connectivity index (χ1) is 13.7. The zero-order chi connectivity index (χ0) is 19.3. The van der Waals surface area contributed by atoms with Crippen molar-refractivity contribution in [1.29, 1.82) is 0 Å². The van der Waals surface area contributed by atoms with Crippen molar-refractivity contribution in [3.05, 3.63) is 95.2 Å². The predicted octanol–water partition coefficient (Wildman–Crippen LogP) is 6.00. The molecule has 0 aliphatic rings. The fraction of sp³-hybridized carbons (Fsp3) is 0. The fourth-order valence-electron chi connectivity index (χ4n) is 2.72. The first-order valence-corrected chi connectivity index (χ1v) is 9.73. The molecule has 4 aromatic rings. The van der Waals surface area contributed by atoms with Crippen LogP contribution in [0.2, 0.25) is 5.02 Å². The molecule has 28 heavy (non-hydrogen) atoms. The second-order valence-corrected chi connectivity index (χ2v) is 7.45. The molecule has 3 aromatic carbocycles. The molecule has 0 radical (unpaired) electrons. The monoisotopic (exact) mass is 406 g/mol. The van der Waals surface area contributed by atoms with Gasteiger partial charge in [0.1, 0.15) is 5.76 Å². The lowest BCUT2D eigenvalue weighted by atomic mass is 10.0. The van der Waals surface area contributed by atoms with Crippen LogP contribution >= 0.6 is 23.4 Å². The Hall–Kier alpha value is -3.02. The molecule has 138 valence electrons. The molecule has 0 atom stereocenters. The average molecular weight is 407 g/mol. The highest BCUT2D eigenvalue weighted by molar-refractivity contribution is 7.99. The second kappa shape index (κ2) is 8.33. The van der Waals surface area contributed by atoms with E-state index in [1.807, 2.05) is 66.7 Å². The summed E-state index contributed by atoms with van der Waals surface area (Å²) in [6.45, 7) is 0. The maximum atomic E-state index is 12.5. The Balaban J connectivity index is 1.41. The van der Waals surface area contributed by atoms with Crippen LogP contribution in [0.5, 0.6) is 0 Å². The molecule has 6 heteroatoms. The number of benzene rings is 3. The lowest BCUT2D eigenvalue weighted by Gasteiger charge is -2.04. The Bertz CT molecular complexity index is 1150. The van der Waals surface area contributed by atoms with E-state index in [0.717, 1.165) is 20.8 Å². The zero-order valence-electron chi connectivity index (χ0n) is 14.6. The summed E-state index contributed by atoms with van der Waals surface area (Å²) < 4.78 is 5.70. The summed E-state index contributed by atoms with van der Waals surface area (Å²) in [5.74, 6) is 0.282. The molecule has 0 spiro atoms. The second-order valence-electron chi connectivity index (χ2n) is 5.94. The number of amides is 1. The van der Waals surface area contributed by atoms with Crippen molar-refractivity contribution < 1.29 is 9.21 Å². The highest BCUT2D eigenvalue weighted by Crippen LogP contribution is 2.29. The van der Waals surface area contributed by atoms with Crippen LogP contribution in [-0.4, -0.2) is 12.1 Å². The number of hydrazone groups is 1. The van der Waals surface area contributed by atoms with Gasteiger partial charge in [0.25, 0.3) is 5.91 Å². The van der Waals surface area contributed by atoms with E-state index in [4.69, 9.17) is 16.0 Å². The summed E-state index contributed by atoms with van der Waals surface area (Å²) in [7, 11) is 0. The molecule has 4 rings (SSSR count). The SMILES string of the molecule is O=C(N/N=C/c1ccc(Sc2ccc(Cl)cc2)o1)c1cccc2ccccc12. The largest absolute Gasteiger partial charge is 0.448 e. The first kappa shape index (κ1) is 18.3. The quantitative estimate of drug-likeness (QED) is 0.326. The van der Waals surface area contributed by atoms with E-state index in [1.165, 1.54) is 18.0 Å². The average Bonchev–Trinajstić information content (AvgIpc) is 3.16. The third-order valence-electron chi connectivity index (χ3n) is 4.03. The van der Waals surface area contributed by atoms with E-state index in [1.54, 1.807) is 12.1 Å². The minimum absolute atomic E-state index is 0.268. The highest BCUT2D eigenvalue weighted by atomic mass is 35.5. The highest BCUT2D eigenvalue weighted by Gasteiger charge is 2.08. The van der Waals surface area contributed by atoms with Crippen LogP contribution < -0.4 is 5.43 Å². The number of carbonyl (C=O) groups excluding carboxylic acids is 1. The molecule has 0 aliphatic carbocycles. The van der Waals surface area contributed by atoms with Gasteiger partial charge < -0.3 is 4.42 Å². The summed E-state index contributed by atoms with van der Waals surface area (Å²) in [6, 6.07) is 24.5. The summed E-state index contributed by atoms with van der Waals surface area (Å²) in [5, 5.41) is 7.33. The van der Waals surface area contributed by atoms with Crippen LogP contribution in [0.3, 0.4) is 0 Å². The van der Waals surface area contributed by atoms with Crippen LogP contribution in [0, 0.1) is 0 Å². The van der Waals surface area contributed by atoms with Gasteiger partial charge >= 0.3 is 0 Å². The number of nitrogens with one attached hydrogen (secondary N) is 1. The van der Waals surface area contributed by atoms with Crippen LogP contribution in [0.25, 0.3) is 10.8 Å². The van der Waals surface area contributed by atoms with E-state index in [2.05, 4.69) is 10.5 Å². The Morgan fingerprint density at radius 2 is 1.75 bits per heavy atom. The molecular formula is C22H15ClN2O2S. The van der Waals surface area contributed by atoms with Crippen molar-refractivity contribution in [2.75, 3.05) is 0 Å². The summed E-state index contributed by atoms with van der Waals surface area (Å²) in [4.78, 5) is 13.5. The molecule has 1 aromatic heterocycles. The van der Waals surface area contributed by atoms with Gasteiger partial charge in [-0.05, 0) is 53.2 Å². The van der Waals surface area contributed by atoms with E-state index in [0.29, 0.717) is 16.3 Å². The Morgan fingerprint density at radius 3 is 2.61 bits per heavy atom. The van der Waals surface area contributed by atoms with Gasteiger partial charge in [0, 0.05) is 15.5 Å². The zero-order valence-corrected chi connectivity index (χ0v) is 16.2. The standard InChI is InChI=1S/C22H15ClN2O2S/c23-16-8-11-18(12-9-16)28-21-13-10-17(27-21)14-24-25-22(26)20-7-3-5-15-4-1-2-6-19(15)20/h1-14H,(H,25,26)/b24-14+. The molecule has 0 bridgehead atoms.